The Kier molecular flexibility index (Phi) is 5.50. The number of para-hydroxylation sites is 1. The minimum atomic E-state index is -3.95. The number of rotatable bonds is 4. The smallest absolute Gasteiger partial charge is 0.266 e. The van der Waals surface area contributed by atoms with Crippen LogP contribution in [0.1, 0.15) is 5.69 Å². The molecule has 11 heteroatoms. The Balaban J connectivity index is 1.72. The predicted octanol–water partition coefficient (Wildman–Crippen LogP) is 4.58. The Morgan fingerprint density at radius 3 is 2.60 bits per heavy atom. The first-order valence-electron chi connectivity index (χ1n) is 8.54. The first-order valence-corrected chi connectivity index (χ1v) is 10.8. The van der Waals surface area contributed by atoms with Crippen molar-refractivity contribution in [3.8, 4) is 11.5 Å². The van der Waals surface area contributed by atoms with Crippen molar-refractivity contribution in [2.24, 2.45) is 4.99 Å². The number of anilines is 1. The van der Waals surface area contributed by atoms with Crippen LogP contribution in [0.15, 0.2) is 64.5 Å². The van der Waals surface area contributed by atoms with Crippen molar-refractivity contribution >= 4 is 44.9 Å². The van der Waals surface area contributed by atoms with E-state index in [4.69, 9.17) is 27.9 Å². The number of pyridine rings is 1. The van der Waals surface area contributed by atoms with Crippen molar-refractivity contribution in [3.05, 3.63) is 76.3 Å². The third-order valence-electron chi connectivity index (χ3n) is 4.06. The number of sulfonamides is 1. The lowest BCUT2D eigenvalue weighted by atomic mass is 10.2. The van der Waals surface area contributed by atoms with Gasteiger partial charge in [0.25, 0.3) is 10.0 Å². The standard InChI is InChI=1S/C19H13Cl2FN4O3S/c20-12-5-1-2-6-14(12)29-18-13(21)8-9-15-17(18)25-19(26-30(15,27)28)23-10-11-4-3-7-16(22)24-11/h1-9H,10H2,(H2,23,25,26). The van der Waals surface area contributed by atoms with Crippen molar-refractivity contribution < 1.29 is 17.5 Å². The van der Waals surface area contributed by atoms with Gasteiger partial charge in [-0.3, -0.25) is 0 Å². The normalized spacial score (nSPS) is 15.8. The lowest BCUT2D eigenvalue weighted by Crippen LogP contribution is -2.41. The number of fused-ring (bicyclic) bond motifs is 1. The summed E-state index contributed by atoms with van der Waals surface area (Å²) in [5.74, 6) is -0.365. The molecule has 1 aliphatic rings. The number of guanidine groups is 1. The van der Waals surface area contributed by atoms with Gasteiger partial charge in [0.1, 0.15) is 16.3 Å². The molecule has 0 fully saturated rings. The Labute approximate surface area is 181 Å². The van der Waals surface area contributed by atoms with Gasteiger partial charge < -0.3 is 10.1 Å². The number of nitrogens with zero attached hydrogens (tertiary/aromatic N) is 2. The molecule has 1 aromatic heterocycles. The van der Waals surface area contributed by atoms with Crippen LogP contribution in [0, 0.1) is 5.95 Å². The average molecular weight is 467 g/mol. The molecule has 4 rings (SSSR count). The van der Waals surface area contributed by atoms with Crippen LogP contribution in [0.4, 0.5) is 10.1 Å². The highest BCUT2D eigenvalue weighted by Gasteiger charge is 2.31. The van der Waals surface area contributed by atoms with Gasteiger partial charge in [-0.1, -0.05) is 41.4 Å². The molecule has 1 aliphatic heterocycles. The van der Waals surface area contributed by atoms with E-state index in [0.29, 0.717) is 16.5 Å². The van der Waals surface area contributed by atoms with Crippen molar-refractivity contribution in [1.29, 1.82) is 0 Å². The summed E-state index contributed by atoms with van der Waals surface area (Å²) in [7, 11) is -3.95. The highest BCUT2D eigenvalue weighted by molar-refractivity contribution is 7.90. The molecule has 0 radical (unpaired) electrons. The van der Waals surface area contributed by atoms with Gasteiger partial charge in [-0.25, -0.2) is 23.1 Å². The number of aliphatic imine (C=N–C) groups is 1. The van der Waals surface area contributed by atoms with Crippen molar-refractivity contribution in [2.45, 2.75) is 11.4 Å². The molecule has 0 saturated heterocycles. The van der Waals surface area contributed by atoms with Crippen LogP contribution in [0.2, 0.25) is 10.0 Å². The zero-order valence-electron chi connectivity index (χ0n) is 15.1. The lowest BCUT2D eigenvalue weighted by Gasteiger charge is -2.24. The molecule has 0 bridgehead atoms. The minimum absolute atomic E-state index is 0.0563. The zero-order valence-corrected chi connectivity index (χ0v) is 17.4. The SMILES string of the molecule is O=S1(=O)NC(=NCc2cccc(F)n2)Nc2c1ccc(Cl)c2Oc1ccccc1Cl. The van der Waals surface area contributed by atoms with E-state index in [0.717, 1.165) is 0 Å². The van der Waals surface area contributed by atoms with Crippen LogP contribution in [-0.2, 0) is 16.6 Å². The van der Waals surface area contributed by atoms with Gasteiger partial charge in [-0.05, 0) is 36.4 Å². The van der Waals surface area contributed by atoms with E-state index in [9.17, 15) is 12.8 Å². The molecule has 0 saturated carbocycles. The van der Waals surface area contributed by atoms with E-state index in [-0.39, 0.29) is 33.9 Å². The highest BCUT2D eigenvalue weighted by atomic mass is 35.5. The van der Waals surface area contributed by atoms with Crippen LogP contribution in [0.3, 0.4) is 0 Å². The van der Waals surface area contributed by atoms with E-state index >= 15 is 0 Å². The number of ether oxygens (including phenoxy) is 1. The minimum Gasteiger partial charge on any atom is -0.452 e. The van der Waals surface area contributed by atoms with Gasteiger partial charge in [-0.2, -0.15) is 4.39 Å². The molecule has 0 unspecified atom stereocenters. The van der Waals surface area contributed by atoms with Gasteiger partial charge in [0.2, 0.25) is 11.9 Å². The Hall–Kier alpha value is -2.88. The summed E-state index contributed by atoms with van der Waals surface area (Å²) in [6.07, 6.45) is 0. The summed E-state index contributed by atoms with van der Waals surface area (Å²) in [6.45, 7) is -0.0563. The maximum absolute atomic E-state index is 13.3. The molecule has 0 spiro atoms. The molecule has 154 valence electrons. The van der Waals surface area contributed by atoms with E-state index in [1.165, 1.54) is 24.3 Å². The largest absolute Gasteiger partial charge is 0.452 e. The van der Waals surface area contributed by atoms with Gasteiger partial charge in [0.15, 0.2) is 5.75 Å². The summed E-state index contributed by atoms with van der Waals surface area (Å²) in [5, 5.41) is 3.37. The van der Waals surface area contributed by atoms with Gasteiger partial charge in [0.05, 0.1) is 22.3 Å². The number of nitrogens with one attached hydrogen (secondary N) is 2. The first-order chi connectivity index (χ1) is 14.3. The molecule has 30 heavy (non-hydrogen) atoms. The van der Waals surface area contributed by atoms with Crippen molar-refractivity contribution in [1.82, 2.24) is 9.71 Å². The molecule has 2 aromatic carbocycles. The summed E-state index contributed by atoms with van der Waals surface area (Å²) >= 11 is 12.4. The fraction of sp³-hybridized carbons (Fsp3) is 0.0526. The second-order valence-electron chi connectivity index (χ2n) is 6.13. The maximum Gasteiger partial charge on any atom is 0.266 e. The average Bonchev–Trinajstić information content (AvgIpc) is 2.69. The molecule has 0 aliphatic carbocycles. The van der Waals surface area contributed by atoms with Crippen LogP contribution >= 0.6 is 23.2 Å². The zero-order chi connectivity index (χ0) is 21.3. The van der Waals surface area contributed by atoms with Crippen LogP contribution < -0.4 is 14.8 Å². The number of hydrogen-bond acceptors (Lipinski definition) is 5. The monoisotopic (exact) mass is 466 g/mol. The number of halogens is 3. The summed E-state index contributed by atoms with van der Waals surface area (Å²) in [4.78, 5) is 7.77. The molecule has 3 aromatic rings. The Bertz CT molecular complexity index is 1270. The Morgan fingerprint density at radius 2 is 1.83 bits per heavy atom. The van der Waals surface area contributed by atoms with Crippen LogP contribution in [0.25, 0.3) is 0 Å². The number of hydrogen-bond donors (Lipinski definition) is 2. The quantitative estimate of drug-likeness (QED) is 0.548. The van der Waals surface area contributed by atoms with E-state index in [2.05, 4.69) is 20.0 Å². The number of benzene rings is 2. The van der Waals surface area contributed by atoms with Crippen LogP contribution in [0.5, 0.6) is 11.5 Å². The molecular formula is C19H13Cl2FN4O3S. The molecule has 2 N–H and O–H groups in total. The van der Waals surface area contributed by atoms with Crippen molar-refractivity contribution in [2.75, 3.05) is 5.32 Å². The van der Waals surface area contributed by atoms with Gasteiger partial charge in [-0.15, -0.1) is 0 Å². The molecule has 2 heterocycles. The number of aromatic nitrogens is 1. The maximum atomic E-state index is 13.3. The summed E-state index contributed by atoms with van der Waals surface area (Å²) in [5.41, 5.74) is 0.431. The van der Waals surface area contributed by atoms with E-state index in [1.807, 2.05) is 0 Å². The predicted molar refractivity (Wildman–Crippen MR) is 112 cm³/mol. The van der Waals surface area contributed by atoms with Gasteiger partial charge >= 0.3 is 0 Å². The molecule has 0 atom stereocenters. The van der Waals surface area contributed by atoms with Crippen LogP contribution in [-0.4, -0.2) is 19.4 Å². The fourth-order valence-corrected chi connectivity index (χ4v) is 4.23. The lowest BCUT2D eigenvalue weighted by molar-refractivity contribution is 0.483. The Morgan fingerprint density at radius 1 is 1.03 bits per heavy atom. The highest BCUT2D eigenvalue weighted by Crippen LogP contribution is 2.43. The molecule has 7 nitrogen and oxygen atoms in total. The van der Waals surface area contributed by atoms with E-state index in [1.54, 1.807) is 30.3 Å². The third kappa shape index (κ3) is 4.18. The van der Waals surface area contributed by atoms with Crippen molar-refractivity contribution in [3.63, 3.8) is 0 Å². The second-order valence-corrected chi connectivity index (χ2v) is 8.59. The topological polar surface area (TPSA) is 92.7 Å². The first kappa shape index (κ1) is 20.4. The summed E-state index contributed by atoms with van der Waals surface area (Å²) < 4.78 is 46.8. The summed E-state index contributed by atoms with van der Waals surface area (Å²) in [6, 6.07) is 13.7. The third-order valence-corrected chi connectivity index (χ3v) is 6.05. The fourth-order valence-electron chi connectivity index (χ4n) is 2.72. The van der Waals surface area contributed by atoms with E-state index < -0.39 is 16.0 Å². The molecule has 0 amide bonds. The van der Waals surface area contributed by atoms with Gasteiger partial charge in [0, 0.05) is 0 Å². The molecular weight excluding hydrogens is 454 g/mol. The second kappa shape index (κ2) is 8.10.